The molecule has 0 aliphatic rings. The van der Waals surface area contributed by atoms with Crippen molar-refractivity contribution >= 4 is 11.9 Å². The van der Waals surface area contributed by atoms with Gasteiger partial charge in [0, 0.05) is 24.2 Å². The first-order valence-electron chi connectivity index (χ1n) is 4.95. The minimum atomic E-state index is -0.956. The van der Waals surface area contributed by atoms with E-state index in [1.807, 2.05) is 18.2 Å². The summed E-state index contributed by atoms with van der Waals surface area (Å²) in [7, 11) is 0. The molecular weight excluding hydrogens is 220 g/mol. The number of aromatic nitrogens is 3. The van der Waals surface area contributed by atoms with Crippen molar-refractivity contribution in [3.8, 4) is 11.3 Å². The van der Waals surface area contributed by atoms with Gasteiger partial charge in [0.15, 0.2) is 0 Å². The maximum atomic E-state index is 10.3. The van der Waals surface area contributed by atoms with E-state index in [1.54, 1.807) is 18.6 Å². The van der Waals surface area contributed by atoms with Crippen molar-refractivity contribution in [2.45, 2.75) is 0 Å². The van der Waals surface area contributed by atoms with Crippen LogP contribution in [0.15, 0.2) is 36.8 Å². The number of carboxylic acids is 1. The van der Waals surface area contributed by atoms with Gasteiger partial charge in [0.2, 0.25) is 5.95 Å². The SMILES string of the molecule is O=C(O)CNc1ncc(-c2ccccn2)cn1. The summed E-state index contributed by atoms with van der Waals surface area (Å²) in [6.07, 6.45) is 4.88. The molecule has 6 nitrogen and oxygen atoms in total. The van der Waals surface area contributed by atoms with E-state index in [0.717, 1.165) is 11.3 Å². The smallest absolute Gasteiger partial charge is 0.322 e. The molecule has 2 N–H and O–H groups in total. The number of carboxylic acid groups (broad SMARTS) is 1. The van der Waals surface area contributed by atoms with Crippen molar-refractivity contribution in [2.24, 2.45) is 0 Å². The molecule has 0 fully saturated rings. The molecule has 0 radical (unpaired) electrons. The highest BCUT2D eigenvalue weighted by molar-refractivity contribution is 5.71. The highest BCUT2D eigenvalue weighted by Crippen LogP contribution is 2.14. The van der Waals surface area contributed by atoms with Crippen molar-refractivity contribution in [1.82, 2.24) is 15.0 Å². The first-order chi connectivity index (χ1) is 8.25. The molecule has 0 bridgehead atoms. The van der Waals surface area contributed by atoms with Gasteiger partial charge < -0.3 is 10.4 Å². The molecule has 86 valence electrons. The monoisotopic (exact) mass is 230 g/mol. The van der Waals surface area contributed by atoms with Crippen molar-refractivity contribution in [3.63, 3.8) is 0 Å². The highest BCUT2D eigenvalue weighted by atomic mass is 16.4. The lowest BCUT2D eigenvalue weighted by Gasteiger charge is -2.02. The zero-order valence-corrected chi connectivity index (χ0v) is 8.87. The van der Waals surface area contributed by atoms with Crippen LogP contribution in [-0.2, 0) is 4.79 Å². The molecule has 0 saturated heterocycles. The van der Waals surface area contributed by atoms with Crippen LogP contribution in [-0.4, -0.2) is 32.6 Å². The molecule has 0 unspecified atom stereocenters. The Bertz CT molecular complexity index is 499. The summed E-state index contributed by atoms with van der Waals surface area (Å²) in [5.74, 6) is -0.672. The summed E-state index contributed by atoms with van der Waals surface area (Å²) in [5.41, 5.74) is 1.56. The Morgan fingerprint density at radius 2 is 2.00 bits per heavy atom. The molecule has 0 aromatic carbocycles. The standard InChI is InChI=1S/C11H10N4O2/c16-10(17)7-15-11-13-5-8(6-14-11)9-3-1-2-4-12-9/h1-6H,7H2,(H,16,17)(H,13,14,15). The van der Waals surface area contributed by atoms with Crippen molar-refractivity contribution in [1.29, 1.82) is 0 Å². The summed E-state index contributed by atoms with van der Waals surface area (Å²) in [4.78, 5) is 22.5. The van der Waals surface area contributed by atoms with Gasteiger partial charge in [-0.05, 0) is 12.1 Å². The second-order valence-electron chi connectivity index (χ2n) is 3.26. The predicted octanol–water partition coefficient (Wildman–Crippen LogP) is 1.04. The number of anilines is 1. The Labute approximate surface area is 97.4 Å². The van der Waals surface area contributed by atoms with Crippen LogP contribution in [0.3, 0.4) is 0 Å². The quantitative estimate of drug-likeness (QED) is 0.815. The Balaban J connectivity index is 2.11. The van der Waals surface area contributed by atoms with E-state index in [0.29, 0.717) is 0 Å². The normalized spacial score (nSPS) is 9.88. The molecule has 2 aromatic rings. The van der Waals surface area contributed by atoms with E-state index >= 15 is 0 Å². The number of carbonyl (C=O) groups is 1. The van der Waals surface area contributed by atoms with Crippen molar-refractivity contribution in [3.05, 3.63) is 36.8 Å². The van der Waals surface area contributed by atoms with Crippen LogP contribution in [0, 0.1) is 0 Å². The number of pyridine rings is 1. The summed E-state index contributed by atoms with van der Waals surface area (Å²) in [5, 5.41) is 11.1. The van der Waals surface area contributed by atoms with Crippen LogP contribution in [0.4, 0.5) is 5.95 Å². The summed E-state index contributed by atoms with van der Waals surface area (Å²) in [6.45, 7) is -0.205. The molecule has 0 aliphatic heterocycles. The molecule has 0 atom stereocenters. The fourth-order valence-electron chi connectivity index (χ4n) is 1.24. The Kier molecular flexibility index (Phi) is 3.25. The summed E-state index contributed by atoms with van der Waals surface area (Å²) in [6, 6.07) is 5.55. The first-order valence-corrected chi connectivity index (χ1v) is 4.95. The second-order valence-corrected chi connectivity index (χ2v) is 3.26. The van der Waals surface area contributed by atoms with Gasteiger partial charge in [-0.3, -0.25) is 9.78 Å². The second kappa shape index (κ2) is 5.02. The van der Waals surface area contributed by atoms with E-state index in [-0.39, 0.29) is 12.5 Å². The van der Waals surface area contributed by atoms with Crippen LogP contribution in [0.25, 0.3) is 11.3 Å². The topological polar surface area (TPSA) is 88.0 Å². The largest absolute Gasteiger partial charge is 0.480 e. The zero-order valence-electron chi connectivity index (χ0n) is 8.87. The van der Waals surface area contributed by atoms with Gasteiger partial charge in [0.05, 0.1) is 5.69 Å². The summed E-state index contributed by atoms with van der Waals surface area (Å²) >= 11 is 0. The molecule has 0 saturated carbocycles. The van der Waals surface area contributed by atoms with Gasteiger partial charge in [-0.25, -0.2) is 9.97 Å². The third-order valence-electron chi connectivity index (χ3n) is 2.01. The number of nitrogens with zero attached hydrogens (tertiary/aromatic N) is 3. The molecule has 17 heavy (non-hydrogen) atoms. The average molecular weight is 230 g/mol. The van der Waals surface area contributed by atoms with Crippen LogP contribution in [0.1, 0.15) is 0 Å². The van der Waals surface area contributed by atoms with E-state index in [1.165, 1.54) is 0 Å². The number of rotatable bonds is 4. The minimum absolute atomic E-state index is 0.205. The summed E-state index contributed by atoms with van der Waals surface area (Å²) < 4.78 is 0. The molecule has 2 heterocycles. The van der Waals surface area contributed by atoms with Gasteiger partial charge in [-0.2, -0.15) is 0 Å². The molecule has 6 heteroatoms. The van der Waals surface area contributed by atoms with Gasteiger partial charge in [0.25, 0.3) is 0 Å². The van der Waals surface area contributed by atoms with E-state index < -0.39 is 5.97 Å². The predicted molar refractivity (Wildman–Crippen MR) is 61.4 cm³/mol. The van der Waals surface area contributed by atoms with Gasteiger partial charge in [0.1, 0.15) is 6.54 Å². The fourth-order valence-corrected chi connectivity index (χ4v) is 1.24. The third-order valence-corrected chi connectivity index (χ3v) is 2.01. The molecule has 0 spiro atoms. The number of hydrogen-bond acceptors (Lipinski definition) is 5. The van der Waals surface area contributed by atoms with Crippen LogP contribution >= 0.6 is 0 Å². The molecule has 2 aromatic heterocycles. The minimum Gasteiger partial charge on any atom is -0.480 e. The molecule has 0 aliphatic carbocycles. The van der Waals surface area contributed by atoms with E-state index in [4.69, 9.17) is 5.11 Å². The number of nitrogens with one attached hydrogen (secondary N) is 1. The molecular formula is C11H10N4O2. The lowest BCUT2D eigenvalue weighted by Crippen LogP contribution is -2.14. The van der Waals surface area contributed by atoms with Gasteiger partial charge in [-0.15, -0.1) is 0 Å². The van der Waals surface area contributed by atoms with Crippen LogP contribution in [0.5, 0.6) is 0 Å². The molecule has 0 amide bonds. The maximum Gasteiger partial charge on any atom is 0.322 e. The lowest BCUT2D eigenvalue weighted by molar-refractivity contribution is -0.134. The zero-order chi connectivity index (χ0) is 12.1. The Morgan fingerprint density at radius 3 is 2.59 bits per heavy atom. The van der Waals surface area contributed by atoms with Crippen molar-refractivity contribution < 1.29 is 9.90 Å². The average Bonchev–Trinajstić information content (AvgIpc) is 2.38. The first kappa shape index (κ1) is 11.0. The maximum absolute atomic E-state index is 10.3. The Morgan fingerprint density at radius 1 is 1.24 bits per heavy atom. The molecule has 2 rings (SSSR count). The van der Waals surface area contributed by atoms with Crippen molar-refractivity contribution in [2.75, 3.05) is 11.9 Å². The van der Waals surface area contributed by atoms with Gasteiger partial charge in [-0.1, -0.05) is 6.07 Å². The van der Waals surface area contributed by atoms with E-state index in [2.05, 4.69) is 20.3 Å². The number of hydrogen-bond donors (Lipinski definition) is 2. The number of aliphatic carboxylic acids is 1. The van der Waals surface area contributed by atoms with Crippen LogP contribution in [0.2, 0.25) is 0 Å². The fraction of sp³-hybridized carbons (Fsp3) is 0.0909. The lowest BCUT2D eigenvalue weighted by atomic mass is 10.2. The Hall–Kier alpha value is -2.50. The highest BCUT2D eigenvalue weighted by Gasteiger charge is 2.02. The van der Waals surface area contributed by atoms with Gasteiger partial charge >= 0.3 is 5.97 Å². The third kappa shape index (κ3) is 2.97. The van der Waals surface area contributed by atoms with E-state index in [9.17, 15) is 4.79 Å². The van der Waals surface area contributed by atoms with Crippen LogP contribution < -0.4 is 5.32 Å².